The highest BCUT2D eigenvalue weighted by Gasteiger charge is 2.36. The Balaban J connectivity index is 1.92. The summed E-state index contributed by atoms with van der Waals surface area (Å²) in [6.07, 6.45) is 1.21. The van der Waals surface area contributed by atoms with Crippen LogP contribution in [0.2, 0.25) is 0 Å². The van der Waals surface area contributed by atoms with Crippen LogP contribution >= 0.6 is 15.9 Å². The number of aliphatic carboxylic acids is 1. The van der Waals surface area contributed by atoms with E-state index in [2.05, 4.69) is 21.2 Å². The minimum atomic E-state index is -0.993. The van der Waals surface area contributed by atoms with Gasteiger partial charge in [0.05, 0.1) is 11.3 Å². The average Bonchev–Trinajstić information content (AvgIpc) is 2.53. The lowest BCUT2D eigenvalue weighted by molar-refractivity contribution is -0.144. The molecular weight excluding hydrogens is 380 g/mol. The zero-order valence-corrected chi connectivity index (χ0v) is 14.6. The number of hydrogen-bond donors (Lipinski definition) is 2. The summed E-state index contributed by atoms with van der Waals surface area (Å²) in [4.78, 5) is 37.2. The van der Waals surface area contributed by atoms with Crippen LogP contribution in [0, 0.1) is 5.92 Å². The second kappa shape index (κ2) is 6.43. The van der Waals surface area contributed by atoms with Crippen molar-refractivity contribution in [1.82, 2.24) is 4.90 Å². The van der Waals surface area contributed by atoms with Crippen molar-refractivity contribution in [2.24, 2.45) is 5.92 Å². The van der Waals surface area contributed by atoms with Gasteiger partial charge in [0.2, 0.25) is 0 Å². The van der Waals surface area contributed by atoms with Crippen LogP contribution in [0.5, 0.6) is 5.75 Å². The first kappa shape index (κ1) is 16.8. The summed E-state index contributed by atoms with van der Waals surface area (Å²) in [5.41, 5.74) is 0.808. The van der Waals surface area contributed by atoms with Gasteiger partial charge in [0.1, 0.15) is 11.8 Å². The second-order valence-electron chi connectivity index (χ2n) is 6.15. The first-order chi connectivity index (χ1) is 11.4. The Labute approximate surface area is 147 Å². The maximum atomic E-state index is 12.9. The van der Waals surface area contributed by atoms with E-state index in [1.807, 2.05) is 6.92 Å². The van der Waals surface area contributed by atoms with Crippen LogP contribution in [-0.2, 0) is 9.59 Å². The molecule has 2 unspecified atom stereocenters. The molecule has 1 fully saturated rings. The maximum absolute atomic E-state index is 12.9. The lowest BCUT2D eigenvalue weighted by Gasteiger charge is -2.36. The van der Waals surface area contributed by atoms with Gasteiger partial charge in [-0.15, -0.1) is 0 Å². The molecule has 2 aliphatic rings. The van der Waals surface area contributed by atoms with Crippen molar-refractivity contribution in [1.29, 1.82) is 0 Å². The molecule has 1 aromatic carbocycles. The summed E-state index contributed by atoms with van der Waals surface area (Å²) >= 11 is 3.33. The number of piperidine rings is 1. The summed E-state index contributed by atoms with van der Waals surface area (Å²) in [6, 6.07) is 2.31. The van der Waals surface area contributed by atoms with Crippen molar-refractivity contribution in [3.05, 3.63) is 22.2 Å². The number of halogens is 1. The highest BCUT2D eigenvalue weighted by atomic mass is 79.9. The lowest BCUT2D eigenvalue weighted by Crippen LogP contribution is -2.49. The van der Waals surface area contributed by atoms with Crippen LogP contribution in [0.25, 0.3) is 0 Å². The Kier molecular flexibility index (Phi) is 4.49. The zero-order chi connectivity index (χ0) is 17.4. The number of carboxylic acid groups (broad SMARTS) is 1. The summed E-state index contributed by atoms with van der Waals surface area (Å²) in [5, 5.41) is 12.1. The number of nitrogens with one attached hydrogen (secondary N) is 1. The minimum Gasteiger partial charge on any atom is -0.482 e. The smallest absolute Gasteiger partial charge is 0.326 e. The molecule has 0 aromatic heterocycles. The van der Waals surface area contributed by atoms with Gasteiger partial charge >= 0.3 is 5.97 Å². The van der Waals surface area contributed by atoms with E-state index in [0.29, 0.717) is 34.4 Å². The van der Waals surface area contributed by atoms with Gasteiger partial charge < -0.3 is 20.1 Å². The standard InChI is InChI=1S/C16H17BrN2O5/c1-8-2-3-19(12(4-8)16(22)23)15(21)9-5-13-11(6-10(9)17)18-14(20)7-24-13/h5-6,8,12H,2-4,7H2,1H3,(H,18,20)(H,22,23). The van der Waals surface area contributed by atoms with Crippen molar-refractivity contribution in [2.45, 2.75) is 25.8 Å². The van der Waals surface area contributed by atoms with Crippen molar-refractivity contribution in [3.8, 4) is 5.75 Å². The average molecular weight is 397 g/mol. The molecule has 0 spiro atoms. The van der Waals surface area contributed by atoms with Crippen LogP contribution in [0.1, 0.15) is 30.1 Å². The quantitative estimate of drug-likeness (QED) is 0.797. The molecule has 2 aliphatic heterocycles. The molecule has 8 heteroatoms. The molecule has 0 radical (unpaired) electrons. The largest absolute Gasteiger partial charge is 0.482 e. The molecule has 3 rings (SSSR count). The Hall–Kier alpha value is -2.09. The predicted octanol–water partition coefficient (Wildman–Crippen LogP) is 2.11. The van der Waals surface area contributed by atoms with E-state index in [0.717, 1.165) is 6.42 Å². The molecule has 0 bridgehead atoms. The summed E-state index contributed by atoms with van der Waals surface area (Å²) in [5.74, 6) is -0.944. The van der Waals surface area contributed by atoms with Gasteiger partial charge in [-0.2, -0.15) is 0 Å². The van der Waals surface area contributed by atoms with Gasteiger partial charge in [-0.25, -0.2) is 4.79 Å². The molecule has 2 N–H and O–H groups in total. The van der Waals surface area contributed by atoms with E-state index in [4.69, 9.17) is 4.74 Å². The molecule has 1 aromatic rings. The number of anilines is 1. The fraction of sp³-hybridized carbons (Fsp3) is 0.438. The van der Waals surface area contributed by atoms with Crippen molar-refractivity contribution >= 4 is 39.4 Å². The molecular formula is C16H17BrN2O5. The number of carbonyl (C=O) groups is 3. The van der Waals surface area contributed by atoms with Crippen LogP contribution in [0.3, 0.4) is 0 Å². The van der Waals surface area contributed by atoms with Gasteiger partial charge in [0.15, 0.2) is 6.61 Å². The fourth-order valence-electron chi connectivity index (χ4n) is 3.04. The summed E-state index contributed by atoms with van der Waals surface area (Å²) in [6.45, 7) is 2.28. The first-order valence-electron chi connectivity index (χ1n) is 7.66. The van der Waals surface area contributed by atoms with E-state index >= 15 is 0 Å². The molecule has 0 aliphatic carbocycles. The van der Waals surface area contributed by atoms with E-state index in [-0.39, 0.29) is 24.3 Å². The van der Waals surface area contributed by atoms with Crippen molar-refractivity contribution in [2.75, 3.05) is 18.5 Å². The highest BCUT2D eigenvalue weighted by Crippen LogP contribution is 2.35. The van der Waals surface area contributed by atoms with Gasteiger partial charge in [-0.05, 0) is 46.8 Å². The number of rotatable bonds is 2. The number of fused-ring (bicyclic) bond motifs is 1. The van der Waals surface area contributed by atoms with E-state index in [1.54, 1.807) is 6.07 Å². The number of ether oxygens (including phenoxy) is 1. The predicted molar refractivity (Wildman–Crippen MR) is 89.1 cm³/mol. The molecule has 24 heavy (non-hydrogen) atoms. The number of carboxylic acids is 1. The number of carbonyl (C=O) groups excluding carboxylic acids is 2. The number of nitrogens with zero attached hydrogens (tertiary/aromatic N) is 1. The number of hydrogen-bond acceptors (Lipinski definition) is 4. The van der Waals surface area contributed by atoms with Crippen molar-refractivity contribution in [3.63, 3.8) is 0 Å². The fourth-order valence-corrected chi connectivity index (χ4v) is 3.55. The third kappa shape index (κ3) is 3.10. The Morgan fingerprint density at radius 2 is 2.17 bits per heavy atom. The topological polar surface area (TPSA) is 95.9 Å². The molecule has 2 heterocycles. The molecule has 0 saturated carbocycles. The normalized spacial score (nSPS) is 23.1. The SMILES string of the molecule is CC1CCN(C(=O)c2cc3c(cc2Br)NC(=O)CO3)C(C(=O)O)C1. The zero-order valence-electron chi connectivity index (χ0n) is 13.0. The highest BCUT2D eigenvalue weighted by molar-refractivity contribution is 9.10. The molecule has 2 atom stereocenters. The number of amides is 2. The molecule has 1 saturated heterocycles. The van der Waals surface area contributed by atoms with Crippen LogP contribution in [0.4, 0.5) is 5.69 Å². The van der Waals surface area contributed by atoms with Gasteiger partial charge in [-0.3, -0.25) is 9.59 Å². The van der Waals surface area contributed by atoms with E-state index < -0.39 is 12.0 Å². The first-order valence-corrected chi connectivity index (χ1v) is 8.46. The monoisotopic (exact) mass is 396 g/mol. The van der Waals surface area contributed by atoms with Gasteiger partial charge in [0, 0.05) is 11.0 Å². The third-order valence-electron chi connectivity index (χ3n) is 4.34. The minimum absolute atomic E-state index is 0.110. The Morgan fingerprint density at radius 1 is 1.42 bits per heavy atom. The van der Waals surface area contributed by atoms with E-state index in [1.165, 1.54) is 11.0 Å². The third-order valence-corrected chi connectivity index (χ3v) is 5.00. The molecule has 7 nitrogen and oxygen atoms in total. The van der Waals surface area contributed by atoms with Crippen LogP contribution in [0.15, 0.2) is 16.6 Å². The lowest BCUT2D eigenvalue weighted by atomic mass is 9.92. The van der Waals surface area contributed by atoms with Gasteiger partial charge in [0.25, 0.3) is 11.8 Å². The van der Waals surface area contributed by atoms with E-state index in [9.17, 15) is 19.5 Å². The number of benzene rings is 1. The van der Waals surface area contributed by atoms with Crippen molar-refractivity contribution < 1.29 is 24.2 Å². The second-order valence-corrected chi connectivity index (χ2v) is 7.00. The molecule has 2 amide bonds. The summed E-state index contributed by atoms with van der Waals surface area (Å²) < 4.78 is 5.83. The van der Waals surface area contributed by atoms with Crippen LogP contribution < -0.4 is 10.1 Å². The van der Waals surface area contributed by atoms with Gasteiger partial charge in [-0.1, -0.05) is 6.92 Å². The number of likely N-dealkylation sites (tertiary alicyclic amines) is 1. The Bertz CT molecular complexity index is 721. The maximum Gasteiger partial charge on any atom is 0.326 e. The molecule has 128 valence electrons. The summed E-state index contributed by atoms with van der Waals surface area (Å²) in [7, 11) is 0. The Morgan fingerprint density at radius 3 is 2.88 bits per heavy atom. The van der Waals surface area contributed by atoms with Crippen LogP contribution in [-0.4, -0.2) is 47.0 Å².